The highest BCUT2D eigenvalue weighted by Crippen LogP contribution is 2.37. The molecule has 1 atom stereocenters. The summed E-state index contributed by atoms with van der Waals surface area (Å²) in [5.41, 5.74) is 10.5. The number of thioether (sulfide) groups is 1. The van der Waals surface area contributed by atoms with Crippen molar-refractivity contribution in [3.05, 3.63) is 76.9 Å². The minimum absolute atomic E-state index is 0.0359. The van der Waals surface area contributed by atoms with Crippen molar-refractivity contribution in [1.82, 2.24) is 9.97 Å². The van der Waals surface area contributed by atoms with Crippen molar-refractivity contribution in [3.63, 3.8) is 0 Å². The molecule has 2 aromatic carbocycles. The molecule has 0 spiro atoms. The van der Waals surface area contributed by atoms with E-state index in [0.29, 0.717) is 61.7 Å². The van der Waals surface area contributed by atoms with Gasteiger partial charge in [-0.15, -0.1) is 0 Å². The Balaban J connectivity index is 1.56. The van der Waals surface area contributed by atoms with Crippen LogP contribution < -0.4 is 10.5 Å². The number of nitrogens with two attached hydrogens (primary N) is 1. The summed E-state index contributed by atoms with van der Waals surface area (Å²) in [6.07, 6.45) is 0.560. The lowest BCUT2D eigenvalue weighted by Crippen LogP contribution is -2.21. The third kappa shape index (κ3) is 5.91. The summed E-state index contributed by atoms with van der Waals surface area (Å²) in [6.45, 7) is 3.06. The molecule has 10 heteroatoms. The minimum atomic E-state index is -0.965. The van der Waals surface area contributed by atoms with Crippen LogP contribution in [0, 0.1) is 31.0 Å². The van der Waals surface area contributed by atoms with Crippen molar-refractivity contribution >= 4 is 17.6 Å². The molecular weight excluding hydrogens is 495 g/mol. The lowest BCUT2D eigenvalue weighted by Gasteiger charge is -2.15. The number of aryl methyl sites for hydroxylation is 1. The summed E-state index contributed by atoms with van der Waals surface area (Å²) in [7, 11) is 0. The molecular formula is C27H25FN4O4S. The second-order valence-electron chi connectivity index (χ2n) is 8.36. The van der Waals surface area contributed by atoms with E-state index in [0.717, 1.165) is 5.56 Å². The summed E-state index contributed by atoms with van der Waals surface area (Å²) in [4.78, 5) is 8.94. The number of anilines is 1. The molecule has 37 heavy (non-hydrogen) atoms. The highest BCUT2D eigenvalue weighted by atomic mass is 32.2. The van der Waals surface area contributed by atoms with Crippen LogP contribution in [0.1, 0.15) is 22.4 Å². The molecule has 8 nitrogen and oxygen atoms in total. The first-order valence-electron chi connectivity index (χ1n) is 11.4. The van der Waals surface area contributed by atoms with Gasteiger partial charge in [-0.25, -0.2) is 14.4 Å². The van der Waals surface area contributed by atoms with E-state index in [1.165, 1.54) is 24.1 Å². The molecule has 0 unspecified atom stereocenters. The van der Waals surface area contributed by atoms with Gasteiger partial charge in [0.15, 0.2) is 0 Å². The van der Waals surface area contributed by atoms with Gasteiger partial charge in [-0.3, -0.25) is 0 Å². The number of aliphatic hydroxyl groups is 2. The van der Waals surface area contributed by atoms with Crippen LogP contribution in [-0.4, -0.2) is 39.5 Å². The van der Waals surface area contributed by atoms with Crippen molar-refractivity contribution in [2.24, 2.45) is 0 Å². The molecule has 0 aliphatic rings. The van der Waals surface area contributed by atoms with Crippen LogP contribution in [0.3, 0.4) is 0 Å². The van der Waals surface area contributed by atoms with Gasteiger partial charge in [-0.2, -0.15) is 5.26 Å². The number of aliphatic hydroxyl groups excluding tert-OH is 2. The molecule has 4 rings (SSSR count). The third-order valence-electron chi connectivity index (χ3n) is 5.67. The Bertz CT molecular complexity index is 1450. The van der Waals surface area contributed by atoms with Crippen LogP contribution in [0.4, 0.5) is 10.2 Å². The average Bonchev–Trinajstić information content (AvgIpc) is 3.38. The lowest BCUT2D eigenvalue weighted by atomic mass is 9.97. The highest BCUT2D eigenvalue weighted by Gasteiger charge is 2.19. The maximum Gasteiger partial charge on any atom is 0.226 e. The zero-order valence-electron chi connectivity index (χ0n) is 20.2. The molecule has 4 N–H and O–H groups in total. The maximum atomic E-state index is 13.6. The summed E-state index contributed by atoms with van der Waals surface area (Å²) >= 11 is 1.32. The third-order valence-corrected chi connectivity index (χ3v) is 6.68. The molecule has 0 amide bonds. The zero-order chi connectivity index (χ0) is 26.5. The second kappa shape index (κ2) is 11.4. The molecule has 2 aromatic heterocycles. The first-order valence-corrected chi connectivity index (χ1v) is 12.3. The van der Waals surface area contributed by atoms with Gasteiger partial charge in [0.1, 0.15) is 47.5 Å². The lowest BCUT2D eigenvalue weighted by molar-refractivity contribution is 0.0536. The Morgan fingerprint density at radius 3 is 2.57 bits per heavy atom. The molecule has 0 aliphatic heterocycles. The number of nitriles is 1. The van der Waals surface area contributed by atoms with Crippen LogP contribution in [0.15, 0.2) is 58.2 Å². The van der Waals surface area contributed by atoms with Crippen LogP contribution in [-0.2, 0) is 5.75 Å². The Kier molecular flexibility index (Phi) is 8.08. The number of aromatic nitrogens is 2. The minimum Gasteiger partial charge on any atom is -0.491 e. The summed E-state index contributed by atoms with van der Waals surface area (Å²) in [6, 6.07) is 14.0. The van der Waals surface area contributed by atoms with Crippen LogP contribution in [0.25, 0.3) is 22.6 Å². The Hall–Kier alpha value is -3.91. The van der Waals surface area contributed by atoms with Gasteiger partial charge < -0.3 is 25.1 Å². The number of hydrogen-bond acceptors (Lipinski definition) is 9. The Labute approximate surface area is 217 Å². The number of nitrogens with zero attached hydrogens (tertiary/aromatic N) is 3. The van der Waals surface area contributed by atoms with E-state index in [-0.39, 0.29) is 19.0 Å². The van der Waals surface area contributed by atoms with Crippen molar-refractivity contribution in [3.8, 4) is 34.4 Å². The zero-order valence-corrected chi connectivity index (χ0v) is 21.1. The van der Waals surface area contributed by atoms with E-state index >= 15 is 0 Å². The van der Waals surface area contributed by atoms with Crippen molar-refractivity contribution < 1.29 is 23.8 Å². The highest BCUT2D eigenvalue weighted by molar-refractivity contribution is 7.98. The number of ether oxygens (including phenoxy) is 1. The summed E-state index contributed by atoms with van der Waals surface area (Å²) < 4.78 is 24.6. The van der Waals surface area contributed by atoms with Gasteiger partial charge in [-0.05, 0) is 55.3 Å². The maximum absolute atomic E-state index is 13.6. The molecule has 0 radical (unpaired) electrons. The first-order chi connectivity index (χ1) is 17.8. The predicted octanol–water partition coefficient (Wildman–Crippen LogP) is 4.64. The van der Waals surface area contributed by atoms with Gasteiger partial charge in [0.05, 0.1) is 17.9 Å². The molecule has 190 valence electrons. The van der Waals surface area contributed by atoms with Gasteiger partial charge >= 0.3 is 0 Å². The van der Waals surface area contributed by atoms with Gasteiger partial charge in [0, 0.05) is 22.4 Å². The van der Waals surface area contributed by atoms with Crippen molar-refractivity contribution in [2.75, 3.05) is 18.9 Å². The standard InChI is InChI=1S/C27H25FN4O4S/c1-15-9-18(5-8-23(15)28)26-31-19(12-36-26)14-37-27-22(10-29)24(16(2)25(30)32-27)17-3-6-21(7-4-17)35-13-20(34)11-33/h3-9,12,20,33-34H,11,13-14H2,1-2H3,(H2,30,32)/t20-/m0/s1. The smallest absolute Gasteiger partial charge is 0.226 e. The molecule has 2 heterocycles. The fraction of sp³-hybridized carbons (Fsp3) is 0.222. The van der Waals surface area contributed by atoms with E-state index in [4.69, 9.17) is 20.0 Å². The average molecular weight is 521 g/mol. The summed E-state index contributed by atoms with van der Waals surface area (Å²) in [5, 5.41) is 28.9. The Morgan fingerprint density at radius 2 is 1.89 bits per heavy atom. The number of benzene rings is 2. The number of rotatable bonds is 9. The number of pyridine rings is 1. The second-order valence-corrected chi connectivity index (χ2v) is 9.32. The largest absolute Gasteiger partial charge is 0.491 e. The summed E-state index contributed by atoms with van der Waals surface area (Å²) in [5.74, 6) is 1.29. The number of halogens is 1. The van der Waals surface area contributed by atoms with Crippen LogP contribution in [0.2, 0.25) is 0 Å². The molecule has 0 bridgehead atoms. The molecule has 0 aliphatic carbocycles. The van der Waals surface area contributed by atoms with E-state index in [9.17, 15) is 14.8 Å². The van der Waals surface area contributed by atoms with Crippen LogP contribution in [0.5, 0.6) is 5.75 Å². The van der Waals surface area contributed by atoms with Gasteiger partial charge in [0.25, 0.3) is 0 Å². The van der Waals surface area contributed by atoms with E-state index < -0.39 is 6.10 Å². The monoisotopic (exact) mass is 520 g/mol. The normalized spacial score (nSPS) is 11.8. The van der Waals surface area contributed by atoms with Crippen molar-refractivity contribution in [1.29, 1.82) is 5.26 Å². The van der Waals surface area contributed by atoms with Gasteiger partial charge in [-0.1, -0.05) is 23.9 Å². The Morgan fingerprint density at radius 1 is 1.16 bits per heavy atom. The molecule has 0 saturated carbocycles. The quantitative estimate of drug-likeness (QED) is 0.269. The molecule has 0 saturated heterocycles. The van der Waals surface area contributed by atoms with Crippen molar-refractivity contribution in [2.45, 2.75) is 30.7 Å². The fourth-order valence-electron chi connectivity index (χ4n) is 3.63. The van der Waals surface area contributed by atoms with Crippen LogP contribution >= 0.6 is 11.8 Å². The number of oxazole rings is 1. The number of hydrogen-bond donors (Lipinski definition) is 3. The molecule has 4 aromatic rings. The molecule has 0 fully saturated rings. The first kappa shape index (κ1) is 26.2. The van der Waals surface area contributed by atoms with E-state index in [2.05, 4.69) is 16.0 Å². The predicted molar refractivity (Wildman–Crippen MR) is 138 cm³/mol. The topological polar surface area (TPSA) is 138 Å². The van der Waals surface area contributed by atoms with Gasteiger partial charge in [0.2, 0.25) is 5.89 Å². The number of nitrogen functional groups attached to an aromatic ring is 1. The van der Waals surface area contributed by atoms with E-state index in [1.54, 1.807) is 43.3 Å². The van der Waals surface area contributed by atoms with E-state index in [1.807, 2.05) is 6.92 Å². The fourth-order valence-corrected chi connectivity index (χ4v) is 4.50. The SMILES string of the molecule is Cc1cc(-c2nc(CSc3nc(N)c(C)c(-c4ccc(OC[C@@H](O)CO)cc4)c3C#N)co2)ccc1F.